The Morgan fingerprint density at radius 1 is 1.18 bits per heavy atom. The van der Waals surface area contributed by atoms with Crippen molar-refractivity contribution in [1.82, 2.24) is 10.2 Å². The Morgan fingerprint density at radius 3 is 2.55 bits per heavy atom. The third-order valence-electron chi connectivity index (χ3n) is 7.76. The number of anilines is 1. The highest BCUT2D eigenvalue weighted by molar-refractivity contribution is 9.09. The molecule has 3 aliphatic heterocycles. The minimum absolute atomic E-state index is 0.0264. The van der Waals surface area contributed by atoms with Crippen LogP contribution < -0.4 is 15.4 Å². The molecule has 2 aromatic carbocycles. The van der Waals surface area contributed by atoms with Gasteiger partial charge in [0.25, 0.3) is 0 Å². The van der Waals surface area contributed by atoms with Crippen molar-refractivity contribution in [1.29, 1.82) is 0 Å². The number of alkyl halides is 1. The average molecular weight is 603 g/mol. The zero-order valence-corrected chi connectivity index (χ0v) is 23.7. The topological polar surface area (TPSA) is 108 Å². The van der Waals surface area contributed by atoms with Crippen molar-refractivity contribution in [3.63, 3.8) is 0 Å². The maximum Gasteiger partial charge on any atom is 0.244 e. The van der Waals surface area contributed by atoms with Gasteiger partial charge >= 0.3 is 0 Å². The Labute approximate surface area is 235 Å². The van der Waals surface area contributed by atoms with Gasteiger partial charge in [-0.2, -0.15) is 0 Å². The van der Waals surface area contributed by atoms with E-state index in [1.54, 1.807) is 43.0 Å². The molecule has 2 aromatic rings. The molecule has 38 heavy (non-hydrogen) atoms. The normalized spacial score (nSPS) is 30.2. The highest BCUT2D eigenvalue weighted by atomic mass is 79.9. The van der Waals surface area contributed by atoms with Crippen molar-refractivity contribution >= 4 is 51.1 Å². The van der Waals surface area contributed by atoms with Gasteiger partial charge in [-0.05, 0) is 50.1 Å². The quantitative estimate of drug-likeness (QED) is 0.381. The summed E-state index contributed by atoms with van der Waals surface area (Å²) in [6, 6.07) is 15.4. The van der Waals surface area contributed by atoms with Gasteiger partial charge in [-0.25, -0.2) is 0 Å². The molecule has 3 heterocycles. The first-order valence-corrected chi connectivity index (χ1v) is 14.7. The number of nitrogens with one attached hydrogen (secondary N) is 2. The fourth-order valence-electron chi connectivity index (χ4n) is 6.14. The molecule has 3 N–H and O–H groups in total. The molecule has 3 aliphatic rings. The third-order valence-corrected chi connectivity index (χ3v) is 11.0. The number of hydrogen-bond acceptors (Lipinski definition) is 6. The summed E-state index contributed by atoms with van der Waals surface area (Å²) < 4.78 is 4.72. The van der Waals surface area contributed by atoms with Crippen LogP contribution in [0, 0.1) is 11.8 Å². The molecule has 3 amide bonds. The second-order valence-corrected chi connectivity index (χ2v) is 12.8. The average Bonchev–Trinajstić information content (AvgIpc) is 3.52. The summed E-state index contributed by atoms with van der Waals surface area (Å²) in [6.07, 6.45) is 0.587. The number of carbonyl (C=O) groups excluding carboxylic acids is 3. The fourth-order valence-corrected chi connectivity index (χ4v) is 9.74. The fraction of sp³-hybridized carbons (Fsp3) is 0.464. The number of aliphatic hydroxyl groups excluding tert-OH is 1. The molecule has 202 valence electrons. The molecule has 0 saturated carbocycles. The zero-order valence-electron chi connectivity index (χ0n) is 21.3. The molecular weight excluding hydrogens is 570 g/mol. The molecule has 5 rings (SSSR count). The number of amides is 3. The lowest BCUT2D eigenvalue weighted by molar-refractivity contribution is -0.141. The van der Waals surface area contributed by atoms with Crippen LogP contribution in [0.25, 0.3) is 0 Å². The molecule has 3 saturated heterocycles. The van der Waals surface area contributed by atoms with Crippen molar-refractivity contribution in [2.75, 3.05) is 18.5 Å². The lowest BCUT2D eigenvalue weighted by Crippen LogP contribution is -2.56. The monoisotopic (exact) mass is 601 g/mol. The van der Waals surface area contributed by atoms with Crippen molar-refractivity contribution in [2.24, 2.45) is 11.8 Å². The number of nitrogens with zero attached hydrogens (tertiary/aromatic N) is 1. The van der Waals surface area contributed by atoms with Crippen LogP contribution in [0.4, 0.5) is 5.69 Å². The van der Waals surface area contributed by atoms with Gasteiger partial charge in [0, 0.05) is 22.3 Å². The predicted octanol–water partition coefficient (Wildman–Crippen LogP) is 3.19. The smallest absolute Gasteiger partial charge is 0.244 e. The number of hydrogen-bond donors (Lipinski definition) is 3. The second-order valence-electron chi connectivity index (χ2n) is 10.1. The van der Waals surface area contributed by atoms with Crippen LogP contribution in [0.5, 0.6) is 5.75 Å². The third kappa shape index (κ3) is 4.60. The van der Waals surface area contributed by atoms with Crippen molar-refractivity contribution in [3.8, 4) is 5.75 Å². The van der Waals surface area contributed by atoms with Gasteiger partial charge in [0.15, 0.2) is 0 Å². The minimum Gasteiger partial charge on any atom is -0.494 e. The first-order chi connectivity index (χ1) is 18.3. The molecule has 8 nitrogen and oxygen atoms in total. The van der Waals surface area contributed by atoms with Crippen molar-refractivity contribution in [3.05, 3.63) is 60.2 Å². The van der Waals surface area contributed by atoms with E-state index < -0.39 is 28.7 Å². The molecule has 0 radical (unpaired) electrons. The van der Waals surface area contributed by atoms with Crippen LogP contribution in [0.3, 0.4) is 0 Å². The Balaban J connectivity index is 1.42. The summed E-state index contributed by atoms with van der Waals surface area (Å²) in [5.74, 6) is -1.30. The molecule has 2 bridgehead atoms. The lowest BCUT2D eigenvalue weighted by Gasteiger charge is -2.36. The van der Waals surface area contributed by atoms with Crippen LogP contribution in [0.15, 0.2) is 54.6 Å². The zero-order chi connectivity index (χ0) is 27.0. The van der Waals surface area contributed by atoms with Crippen LogP contribution in [0.2, 0.25) is 0 Å². The number of benzene rings is 2. The molecule has 0 aromatic heterocycles. The van der Waals surface area contributed by atoms with Gasteiger partial charge in [0.05, 0.1) is 35.8 Å². The molecule has 10 heteroatoms. The number of rotatable bonds is 9. The Kier molecular flexibility index (Phi) is 7.75. The molecule has 7 atom stereocenters. The van der Waals surface area contributed by atoms with E-state index in [9.17, 15) is 19.5 Å². The van der Waals surface area contributed by atoms with Gasteiger partial charge in [-0.15, -0.1) is 11.8 Å². The van der Waals surface area contributed by atoms with E-state index >= 15 is 0 Å². The predicted molar refractivity (Wildman–Crippen MR) is 150 cm³/mol. The maximum atomic E-state index is 14.0. The second kappa shape index (κ2) is 10.9. The van der Waals surface area contributed by atoms with E-state index in [0.717, 1.165) is 5.56 Å². The van der Waals surface area contributed by atoms with Crippen molar-refractivity contribution < 1.29 is 24.2 Å². The van der Waals surface area contributed by atoms with Gasteiger partial charge < -0.3 is 25.4 Å². The first-order valence-electron chi connectivity index (χ1n) is 12.9. The van der Waals surface area contributed by atoms with E-state index in [1.165, 1.54) is 4.90 Å². The number of ether oxygens (including phenoxy) is 1. The highest BCUT2D eigenvalue weighted by Gasteiger charge is 2.76. The van der Waals surface area contributed by atoms with Gasteiger partial charge in [0.2, 0.25) is 17.7 Å². The molecule has 1 spiro atoms. The standard InChI is InChI=1S/C28H32BrN3O5S/c1-3-37-19-11-9-18(10-12-19)31-25(34)21-22-27(36)32(16(2)15-33)24(28(22)13-20(29)23(21)38-28)26(35)30-14-17-7-5-4-6-8-17/h4-12,16,20-24,33H,3,13-15H2,1-2H3,(H,30,35)(H,31,34)/t16-,20?,21+,22+,23+,24?,28?/m1/s1. The molecule has 3 unspecified atom stereocenters. The van der Waals surface area contributed by atoms with Crippen LogP contribution in [-0.4, -0.2) is 67.8 Å². The summed E-state index contributed by atoms with van der Waals surface area (Å²) in [7, 11) is 0. The van der Waals surface area contributed by atoms with E-state index in [2.05, 4.69) is 26.6 Å². The SMILES string of the molecule is CCOc1ccc(NC(=O)[C@H]2[C@H]3C(=O)N([C@H](C)CO)C(C(=O)NCc4ccccc4)C34CC(Br)[C@@H]2S4)cc1. The van der Waals surface area contributed by atoms with E-state index in [-0.39, 0.29) is 34.4 Å². The van der Waals surface area contributed by atoms with Gasteiger partial charge in [0.1, 0.15) is 11.8 Å². The van der Waals surface area contributed by atoms with Crippen LogP contribution >= 0.6 is 27.7 Å². The summed E-state index contributed by atoms with van der Waals surface area (Å²) in [4.78, 5) is 42.9. The van der Waals surface area contributed by atoms with E-state index in [1.807, 2.05) is 37.3 Å². The minimum atomic E-state index is -0.788. The number of carbonyl (C=O) groups is 3. The van der Waals surface area contributed by atoms with Crippen LogP contribution in [0.1, 0.15) is 25.8 Å². The number of likely N-dealkylation sites (tertiary alicyclic amines) is 1. The lowest BCUT2D eigenvalue weighted by atomic mass is 9.70. The van der Waals surface area contributed by atoms with Crippen LogP contribution in [-0.2, 0) is 20.9 Å². The molecular formula is C28H32BrN3O5S. The Hall–Kier alpha value is -2.56. The summed E-state index contributed by atoms with van der Waals surface area (Å²) in [6.45, 7) is 4.26. The van der Waals surface area contributed by atoms with E-state index in [4.69, 9.17) is 4.74 Å². The van der Waals surface area contributed by atoms with Gasteiger partial charge in [-0.3, -0.25) is 14.4 Å². The van der Waals surface area contributed by atoms with Crippen molar-refractivity contribution in [2.45, 2.75) is 53.7 Å². The molecule has 3 fully saturated rings. The van der Waals surface area contributed by atoms with Gasteiger partial charge in [-0.1, -0.05) is 46.3 Å². The Morgan fingerprint density at radius 2 is 1.89 bits per heavy atom. The number of thioether (sulfide) groups is 1. The maximum absolute atomic E-state index is 14.0. The summed E-state index contributed by atoms with van der Waals surface area (Å²) >= 11 is 5.34. The number of halogens is 1. The molecule has 0 aliphatic carbocycles. The summed E-state index contributed by atoms with van der Waals surface area (Å²) in [5, 5.41) is 15.9. The Bertz CT molecular complexity index is 1200. The summed E-state index contributed by atoms with van der Waals surface area (Å²) in [5.41, 5.74) is 1.57. The largest absolute Gasteiger partial charge is 0.494 e. The first kappa shape index (κ1) is 27.0. The van der Waals surface area contributed by atoms with E-state index in [0.29, 0.717) is 31.0 Å². The number of fused-ring (bicyclic) bond motifs is 1. The number of aliphatic hydroxyl groups is 1. The highest BCUT2D eigenvalue weighted by Crippen LogP contribution is 2.68.